The van der Waals surface area contributed by atoms with Gasteiger partial charge in [0, 0.05) is 17.0 Å². The van der Waals surface area contributed by atoms with Crippen LogP contribution in [0.5, 0.6) is 0 Å². The molecule has 1 heterocycles. The minimum atomic E-state index is 0.755. The molecule has 0 N–H and O–H groups in total. The summed E-state index contributed by atoms with van der Waals surface area (Å²) in [4.78, 5) is 0. The van der Waals surface area contributed by atoms with E-state index in [0.29, 0.717) is 0 Å². The van der Waals surface area contributed by atoms with Gasteiger partial charge < -0.3 is 4.42 Å². The van der Waals surface area contributed by atoms with Gasteiger partial charge in [0.1, 0.15) is 5.76 Å². The van der Waals surface area contributed by atoms with Crippen molar-refractivity contribution in [1.82, 2.24) is 0 Å². The third-order valence-electron chi connectivity index (χ3n) is 2.31. The molecule has 0 radical (unpaired) electrons. The van der Waals surface area contributed by atoms with Crippen molar-refractivity contribution in [3.05, 3.63) is 47.4 Å². The first-order valence-electron chi connectivity index (χ1n) is 5.13. The van der Waals surface area contributed by atoms with Crippen LogP contribution in [-0.4, -0.2) is 0 Å². The van der Waals surface area contributed by atoms with Crippen LogP contribution in [-0.2, 0) is 6.42 Å². The van der Waals surface area contributed by atoms with Gasteiger partial charge in [-0.2, -0.15) is 0 Å². The van der Waals surface area contributed by atoms with E-state index < -0.39 is 0 Å². The molecule has 1 aromatic heterocycles. The van der Waals surface area contributed by atoms with Gasteiger partial charge in [-0.3, -0.25) is 0 Å². The fraction of sp³-hybridized carbons (Fsp3) is 0.231. The Bertz CT molecular complexity index is 445. The predicted molar refractivity (Wildman–Crippen MR) is 63.1 cm³/mol. The molecule has 0 bridgehead atoms. The molecule has 1 aromatic carbocycles. The molecule has 2 rings (SSSR count). The maximum absolute atomic E-state index is 5.93. The second-order valence-electron chi connectivity index (χ2n) is 3.56. The minimum absolute atomic E-state index is 0.755. The van der Waals surface area contributed by atoms with Crippen molar-refractivity contribution in [2.45, 2.75) is 19.8 Å². The summed E-state index contributed by atoms with van der Waals surface area (Å²) in [5.41, 5.74) is 2.20. The van der Waals surface area contributed by atoms with Gasteiger partial charge in [0.05, 0.1) is 6.26 Å². The molecule has 0 aliphatic carbocycles. The molecule has 2 heteroatoms. The highest BCUT2D eigenvalue weighted by atomic mass is 35.5. The van der Waals surface area contributed by atoms with Gasteiger partial charge in [0.25, 0.3) is 0 Å². The van der Waals surface area contributed by atoms with Crippen molar-refractivity contribution in [2.75, 3.05) is 0 Å². The first-order chi connectivity index (χ1) is 7.29. The molecule has 0 amide bonds. The van der Waals surface area contributed by atoms with Gasteiger partial charge in [-0.15, -0.1) is 0 Å². The van der Waals surface area contributed by atoms with Crippen molar-refractivity contribution in [3.8, 4) is 11.1 Å². The number of hydrogen-bond acceptors (Lipinski definition) is 1. The third kappa shape index (κ3) is 2.42. The number of halogens is 1. The molecule has 0 aliphatic heterocycles. The van der Waals surface area contributed by atoms with Gasteiger partial charge in [-0.1, -0.05) is 30.7 Å². The standard InChI is InChI=1S/C13H13ClO/c1-2-4-13-8-11(9-15-13)10-5-3-6-12(14)7-10/h3,5-9H,2,4H2,1H3. The molecule has 0 saturated carbocycles. The molecule has 0 spiro atoms. The van der Waals surface area contributed by atoms with E-state index in [0.717, 1.165) is 34.8 Å². The second-order valence-corrected chi connectivity index (χ2v) is 4.00. The van der Waals surface area contributed by atoms with E-state index in [1.165, 1.54) is 0 Å². The Kier molecular flexibility index (Phi) is 3.12. The molecule has 78 valence electrons. The lowest BCUT2D eigenvalue weighted by Gasteiger charge is -1.96. The van der Waals surface area contributed by atoms with E-state index >= 15 is 0 Å². The van der Waals surface area contributed by atoms with E-state index in [-0.39, 0.29) is 0 Å². The first kappa shape index (κ1) is 10.3. The summed E-state index contributed by atoms with van der Waals surface area (Å²) in [6.45, 7) is 2.14. The Balaban J connectivity index is 2.29. The molecule has 0 atom stereocenters. The second kappa shape index (κ2) is 4.54. The molecule has 0 fully saturated rings. The van der Waals surface area contributed by atoms with E-state index in [1.807, 2.05) is 24.3 Å². The lowest BCUT2D eigenvalue weighted by molar-refractivity contribution is 0.507. The summed E-state index contributed by atoms with van der Waals surface area (Å²) in [6.07, 6.45) is 3.87. The summed E-state index contributed by atoms with van der Waals surface area (Å²) in [7, 11) is 0. The molecule has 0 saturated heterocycles. The average Bonchev–Trinajstić information content (AvgIpc) is 2.67. The lowest BCUT2D eigenvalue weighted by atomic mass is 10.1. The Morgan fingerprint density at radius 3 is 2.80 bits per heavy atom. The quantitative estimate of drug-likeness (QED) is 0.740. The van der Waals surface area contributed by atoms with Crippen molar-refractivity contribution in [2.24, 2.45) is 0 Å². The van der Waals surface area contributed by atoms with Gasteiger partial charge in [0.2, 0.25) is 0 Å². The topological polar surface area (TPSA) is 13.1 Å². The van der Waals surface area contributed by atoms with Crippen LogP contribution in [0.25, 0.3) is 11.1 Å². The van der Waals surface area contributed by atoms with Crippen LogP contribution in [0.3, 0.4) is 0 Å². The highest BCUT2D eigenvalue weighted by molar-refractivity contribution is 6.30. The van der Waals surface area contributed by atoms with E-state index in [4.69, 9.17) is 16.0 Å². The number of furan rings is 1. The number of benzene rings is 1. The van der Waals surface area contributed by atoms with E-state index in [1.54, 1.807) is 6.26 Å². The monoisotopic (exact) mass is 220 g/mol. The smallest absolute Gasteiger partial charge is 0.104 e. The van der Waals surface area contributed by atoms with Gasteiger partial charge in [-0.25, -0.2) is 0 Å². The van der Waals surface area contributed by atoms with Crippen LogP contribution in [0.15, 0.2) is 41.0 Å². The lowest BCUT2D eigenvalue weighted by Crippen LogP contribution is -1.76. The fourth-order valence-corrected chi connectivity index (χ4v) is 1.77. The van der Waals surface area contributed by atoms with E-state index in [9.17, 15) is 0 Å². The largest absolute Gasteiger partial charge is 0.469 e. The maximum atomic E-state index is 5.93. The Morgan fingerprint density at radius 2 is 2.07 bits per heavy atom. The highest BCUT2D eigenvalue weighted by Gasteiger charge is 2.03. The predicted octanol–water partition coefficient (Wildman–Crippen LogP) is 4.55. The molecule has 0 aliphatic rings. The van der Waals surface area contributed by atoms with Gasteiger partial charge in [-0.05, 0) is 30.2 Å². The zero-order chi connectivity index (χ0) is 10.7. The Hall–Kier alpha value is -1.21. The van der Waals surface area contributed by atoms with Crippen LogP contribution < -0.4 is 0 Å². The summed E-state index contributed by atoms with van der Waals surface area (Å²) in [6, 6.07) is 9.88. The van der Waals surface area contributed by atoms with Crippen LogP contribution in [0.1, 0.15) is 19.1 Å². The normalized spacial score (nSPS) is 10.5. The van der Waals surface area contributed by atoms with Crippen molar-refractivity contribution >= 4 is 11.6 Å². The summed E-state index contributed by atoms with van der Waals surface area (Å²) in [5, 5.41) is 0.755. The minimum Gasteiger partial charge on any atom is -0.469 e. The molecule has 2 aromatic rings. The number of hydrogen-bond donors (Lipinski definition) is 0. The number of rotatable bonds is 3. The van der Waals surface area contributed by atoms with Gasteiger partial charge in [0.15, 0.2) is 0 Å². The third-order valence-corrected chi connectivity index (χ3v) is 2.54. The van der Waals surface area contributed by atoms with Crippen molar-refractivity contribution in [1.29, 1.82) is 0 Å². The molecule has 1 nitrogen and oxygen atoms in total. The van der Waals surface area contributed by atoms with Gasteiger partial charge >= 0.3 is 0 Å². The van der Waals surface area contributed by atoms with Crippen LogP contribution >= 0.6 is 11.6 Å². The van der Waals surface area contributed by atoms with Crippen LogP contribution in [0.4, 0.5) is 0 Å². The molecule has 15 heavy (non-hydrogen) atoms. The van der Waals surface area contributed by atoms with Crippen molar-refractivity contribution < 1.29 is 4.42 Å². The maximum Gasteiger partial charge on any atom is 0.104 e. The Morgan fingerprint density at radius 1 is 1.20 bits per heavy atom. The zero-order valence-corrected chi connectivity index (χ0v) is 9.42. The molecule has 0 unspecified atom stereocenters. The molecular formula is C13H13ClO. The van der Waals surface area contributed by atoms with Crippen LogP contribution in [0, 0.1) is 0 Å². The Labute approximate surface area is 94.7 Å². The van der Waals surface area contributed by atoms with Crippen molar-refractivity contribution in [3.63, 3.8) is 0 Å². The van der Waals surface area contributed by atoms with Crippen LogP contribution in [0.2, 0.25) is 5.02 Å². The fourth-order valence-electron chi connectivity index (χ4n) is 1.58. The SMILES string of the molecule is CCCc1cc(-c2cccc(Cl)c2)co1. The van der Waals surface area contributed by atoms with E-state index in [2.05, 4.69) is 13.0 Å². The summed E-state index contributed by atoms with van der Waals surface area (Å²) < 4.78 is 5.46. The molecular weight excluding hydrogens is 208 g/mol. The number of aryl methyl sites for hydroxylation is 1. The first-order valence-corrected chi connectivity index (χ1v) is 5.50. The zero-order valence-electron chi connectivity index (χ0n) is 8.66. The average molecular weight is 221 g/mol. The summed E-state index contributed by atoms with van der Waals surface area (Å²) in [5.74, 6) is 1.03. The highest BCUT2D eigenvalue weighted by Crippen LogP contribution is 2.25. The summed E-state index contributed by atoms with van der Waals surface area (Å²) >= 11 is 5.93.